The van der Waals surface area contributed by atoms with Crippen molar-refractivity contribution in [3.8, 4) is 23.0 Å². The Bertz CT molecular complexity index is 1210. The van der Waals surface area contributed by atoms with Gasteiger partial charge in [0.25, 0.3) is 0 Å². The maximum atomic E-state index is 13.9. The second kappa shape index (κ2) is 14.8. The van der Waals surface area contributed by atoms with Crippen molar-refractivity contribution in [3.05, 3.63) is 41.2 Å². The first-order chi connectivity index (χ1) is 19.2. The van der Waals surface area contributed by atoms with Crippen molar-refractivity contribution in [1.82, 2.24) is 0 Å². The number of allylic oxidation sites excluding steroid dienone is 2. The Morgan fingerprint density at radius 3 is 1.50 bits per heavy atom. The molecule has 1 aliphatic rings. The molecule has 1 unspecified atom stereocenters. The van der Waals surface area contributed by atoms with E-state index in [4.69, 9.17) is 0 Å². The highest BCUT2D eigenvalue weighted by Gasteiger charge is 2.46. The van der Waals surface area contributed by atoms with E-state index in [9.17, 15) is 30.3 Å². The number of rotatable bonds is 16. The highest BCUT2D eigenvalue weighted by molar-refractivity contribution is 6.34. The van der Waals surface area contributed by atoms with Crippen LogP contribution < -0.4 is 9.80 Å². The number of aliphatic hydroxyl groups excluding tert-OH is 1. The lowest BCUT2D eigenvalue weighted by Gasteiger charge is -2.36. The molecule has 0 heterocycles. The Morgan fingerprint density at radius 2 is 1.05 bits per heavy atom. The molecule has 0 radical (unpaired) electrons. The van der Waals surface area contributed by atoms with Crippen molar-refractivity contribution in [1.29, 1.82) is 0 Å². The van der Waals surface area contributed by atoms with E-state index in [0.717, 1.165) is 117 Å². The van der Waals surface area contributed by atoms with Gasteiger partial charge in [-0.1, -0.05) is 24.2 Å². The minimum absolute atomic E-state index is 0.0170. The molecule has 1 aliphatic carbocycles. The predicted octanol–water partition coefficient (Wildman–Crippen LogP) is 0.453. The number of Topliss-reactive ketones (excluding diaryl/α,β-unsaturated/α-hetero) is 1. The molecule has 1 atom stereocenters. The number of carbonyl (C=O) groups excluding carboxylic acids is 1. The number of hydrogen-bond acceptors (Lipinski definition) is 8. The van der Waals surface area contributed by atoms with E-state index in [1.807, 2.05) is 0 Å². The van der Waals surface area contributed by atoms with Gasteiger partial charge in [-0.2, -0.15) is 0 Å². The third-order valence-corrected chi connectivity index (χ3v) is 10.4. The number of ketones is 1. The van der Waals surface area contributed by atoms with Crippen LogP contribution in [0.1, 0.15) is 42.7 Å². The number of phenolic OH excluding ortho intramolecular Hbond substituents is 4. The van der Waals surface area contributed by atoms with Crippen LogP contribution >= 0.6 is 0 Å². The second-order valence-electron chi connectivity index (χ2n) is 10.7. The lowest BCUT2D eigenvalue weighted by atomic mass is 9.73. The van der Waals surface area contributed by atoms with Gasteiger partial charge in [0.15, 0.2) is 5.78 Å². The Labute approximate surface area is 249 Å². The molecule has 0 saturated heterocycles. The summed E-state index contributed by atoms with van der Waals surface area (Å²) in [5.41, 5.74) is 1.62. The van der Waals surface area contributed by atoms with Gasteiger partial charge in [0.1, 0.15) is 34.7 Å². The topological polar surface area (TPSA) is 125 Å². The summed E-state index contributed by atoms with van der Waals surface area (Å²) in [6.45, 7) is 2.92. The molecule has 2 aromatic rings. The van der Waals surface area contributed by atoms with E-state index in [0.29, 0.717) is 11.4 Å². The molecule has 40 heavy (non-hydrogen) atoms. The predicted molar refractivity (Wildman–Crippen MR) is 179 cm³/mol. The van der Waals surface area contributed by atoms with E-state index >= 15 is 0 Å². The molecular formula is C28H46N2O6Si4. The maximum Gasteiger partial charge on any atom is 0.182 e. The molecule has 0 fully saturated rings. The number of aromatic hydroxyl groups is 4. The van der Waals surface area contributed by atoms with Crippen LogP contribution in [0.2, 0.25) is 24.2 Å². The number of aliphatic hydroxyl groups is 1. The molecule has 0 aliphatic heterocycles. The smallest absolute Gasteiger partial charge is 0.182 e. The third kappa shape index (κ3) is 6.96. The molecular weight excluding hydrogens is 573 g/mol. The van der Waals surface area contributed by atoms with Crippen LogP contribution in [0.25, 0.3) is 5.57 Å². The van der Waals surface area contributed by atoms with Crippen LogP contribution in [0.3, 0.4) is 0 Å². The quantitative estimate of drug-likeness (QED) is 0.172. The minimum Gasteiger partial charge on any atom is -0.510 e. The van der Waals surface area contributed by atoms with E-state index in [1.54, 1.807) is 12.1 Å². The Balaban J connectivity index is 2.15. The molecule has 0 spiro atoms. The zero-order valence-electron chi connectivity index (χ0n) is 24.4. The Morgan fingerprint density at radius 1 is 0.625 bits per heavy atom. The summed E-state index contributed by atoms with van der Waals surface area (Å²) in [6, 6.07) is 9.96. The summed E-state index contributed by atoms with van der Waals surface area (Å²) >= 11 is 0. The van der Waals surface area contributed by atoms with Crippen molar-refractivity contribution in [2.45, 2.75) is 55.8 Å². The number of hydrogen-bond donors (Lipinski definition) is 5. The van der Waals surface area contributed by atoms with Gasteiger partial charge >= 0.3 is 0 Å². The second-order valence-corrected chi connectivity index (χ2v) is 14.7. The number of phenols is 4. The number of anilines is 2. The van der Waals surface area contributed by atoms with Gasteiger partial charge < -0.3 is 35.3 Å². The lowest BCUT2D eigenvalue weighted by molar-refractivity contribution is -0.116. The SMILES string of the molecule is O=C1C(c2c(O)cc(O)cc2N(CCC[SiH3])CCC[SiH3])=C(O)C1c1c(O)cc(O)cc1N(CCC[SiH3])CCC[SiH3]. The minimum atomic E-state index is -1.10. The summed E-state index contributed by atoms with van der Waals surface area (Å²) in [4.78, 5) is 18.1. The number of nitrogens with zero attached hydrogens (tertiary/aromatic N) is 2. The van der Waals surface area contributed by atoms with Crippen molar-refractivity contribution >= 4 is 63.7 Å². The van der Waals surface area contributed by atoms with Crippen molar-refractivity contribution in [2.24, 2.45) is 0 Å². The first-order valence-corrected chi connectivity index (χ1v) is 20.4. The highest BCUT2D eigenvalue weighted by Crippen LogP contribution is 2.53. The van der Waals surface area contributed by atoms with E-state index < -0.39 is 11.7 Å². The van der Waals surface area contributed by atoms with Crippen LogP contribution in [0.4, 0.5) is 11.4 Å². The Hall–Kier alpha value is -2.68. The monoisotopic (exact) mass is 618 g/mol. The van der Waals surface area contributed by atoms with Gasteiger partial charge in [0, 0.05) is 103 Å². The maximum absolute atomic E-state index is 13.9. The molecule has 0 aromatic heterocycles. The zero-order valence-corrected chi connectivity index (χ0v) is 32.4. The molecule has 0 amide bonds. The average molecular weight is 619 g/mol. The van der Waals surface area contributed by atoms with Gasteiger partial charge in [0.2, 0.25) is 0 Å². The first kappa shape index (κ1) is 31.8. The van der Waals surface area contributed by atoms with Crippen LogP contribution in [0, 0.1) is 0 Å². The zero-order chi connectivity index (χ0) is 29.4. The standard InChI is InChI=1S/C28H46N2O6Si4/c31-17-13-19(29(5-1-9-37)6-2-10-38)23(21(33)15-17)25-27(35)26(28(25)36)24-20(14-18(32)16-22(24)34)30(7-3-11-39)8-4-12-40/h13-16,25,31-35H,1-12H2,37-40H3. The summed E-state index contributed by atoms with van der Waals surface area (Å²) in [5.74, 6) is -2.42. The summed E-state index contributed by atoms with van der Waals surface area (Å²) in [6.07, 6.45) is 3.86. The van der Waals surface area contributed by atoms with Crippen molar-refractivity contribution < 1.29 is 30.3 Å². The summed E-state index contributed by atoms with van der Waals surface area (Å²) < 4.78 is 0. The van der Waals surface area contributed by atoms with E-state index in [1.165, 1.54) is 12.1 Å². The number of carbonyl (C=O) groups is 1. The first-order valence-electron chi connectivity index (χ1n) is 14.8. The number of benzene rings is 2. The lowest BCUT2D eigenvalue weighted by Crippen LogP contribution is -2.34. The third-order valence-electron chi connectivity index (χ3n) is 7.59. The van der Waals surface area contributed by atoms with Crippen molar-refractivity contribution in [2.75, 3.05) is 36.0 Å². The molecule has 12 heteroatoms. The largest absolute Gasteiger partial charge is 0.510 e. The molecule has 0 bridgehead atoms. The summed E-state index contributed by atoms with van der Waals surface area (Å²) in [5, 5.41) is 54.1. The normalized spacial score (nSPS) is 15.2. The van der Waals surface area contributed by atoms with Gasteiger partial charge in [-0.25, -0.2) is 0 Å². The highest BCUT2D eigenvalue weighted by atomic mass is 28.2. The fourth-order valence-electron chi connectivity index (χ4n) is 5.35. The Kier molecular flexibility index (Phi) is 11.8. The molecule has 2 aromatic carbocycles. The van der Waals surface area contributed by atoms with Crippen LogP contribution in [-0.4, -0.2) is 98.5 Å². The van der Waals surface area contributed by atoms with Crippen LogP contribution in [0.5, 0.6) is 23.0 Å². The summed E-state index contributed by atoms with van der Waals surface area (Å²) in [7, 11) is 4.30. The van der Waals surface area contributed by atoms with Crippen molar-refractivity contribution in [3.63, 3.8) is 0 Å². The van der Waals surface area contributed by atoms with Gasteiger partial charge in [-0.15, -0.1) is 0 Å². The molecule has 5 N–H and O–H groups in total. The van der Waals surface area contributed by atoms with E-state index in [-0.39, 0.29) is 45.5 Å². The van der Waals surface area contributed by atoms with Gasteiger partial charge in [0.05, 0.1) is 16.8 Å². The molecule has 3 rings (SSSR count). The fourth-order valence-corrected chi connectivity index (χ4v) is 6.62. The van der Waals surface area contributed by atoms with Crippen LogP contribution in [0.15, 0.2) is 30.0 Å². The average Bonchev–Trinajstić information content (AvgIpc) is 2.91. The molecule has 8 nitrogen and oxygen atoms in total. The fraction of sp³-hybridized carbons (Fsp3) is 0.464. The van der Waals surface area contributed by atoms with Gasteiger partial charge in [-0.05, 0) is 25.7 Å². The van der Waals surface area contributed by atoms with Gasteiger partial charge in [-0.3, -0.25) is 4.79 Å². The van der Waals surface area contributed by atoms with Crippen LogP contribution in [-0.2, 0) is 4.79 Å². The van der Waals surface area contributed by atoms with E-state index in [2.05, 4.69) is 9.80 Å². The molecule has 0 saturated carbocycles. The molecule has 220 valence electrons.